The fourth-order valence-corrected chi connectivity index (χ4v) is 4.13. The third-order valence-electron chi connectivity index (χ3n) is 4.74. The summed E-state index contributed by atoms with van der Waals surface area (Å²) < 4.78 is 1.92. The van der Waals surface area contributed by atoms with Crippen LogP contribution in [0.5, 0.6) is 0 Å². The molecule has 1 aromatic rings. The van der Waals surface area contributed by atoms with Crippen molar-refractivity contribution in [3.8, 4) is 0 Å². The van der Waals surface area contributed by atoms with E-state index in [0.29, 0.717) is 5.41 Å². The Morgan fingerprint density at radius 3 is 2.68 bits per heavy atom. The van der Waals surface area contributed by atoms with Crippen molar-refractivity contribution in [1.82, 2.24) is 9.78 Å². The normalized spacial score (nSPS) is 27.6. The summed E-state index contributed by atoms with van der Waals surface area (Å²) in [6.45, 7) is 2.30. The second kappa shape index (κ2) is 6.92. The quantitative estimate of drug-likeness (QED) is 0.691. The van der Waals surface area contributed by atoms with Crippen LogP contribution in [-0.4, -0.2) is 15.1 Å². The Balaban J connectivity index is 1.90. The highest BCUT2D eigenvalue weighted by molar-refractivity contribution is 9.09. The van der Waals surface area contributed by atoms with Gasteiger partial charge in [-0.05, 0) is 49.5 Å². The summed E-state index contributed by atoms with van der Waals surface area (Å²) >= 11 is 3.77. The van der Waals surface area contributed by atoms with Gasteiger partial charge < -0.3 is 0 Å². The van der Waals surface area contributed by atoms with Gasteiger partial charge in [0.15, 0.2) is 0 Å². The Morgan fingerprint density at radius 1 is 1.42 bits per heavy atom. The minimum absolute atomic E-state index is 0.455. The molecule has 19 heavy (non-hydrogen) atoms. The average Bonchev–Trinajstić information content (AvgIpc) is 2.83. The first kappa shape index (κ1) is 15.1. The lowest BCUT2D eigenvalue weighted by Crippen LogP contribution is -2.31. The predicted molar refractivity (Wildman–Crippen MR) is 84.6 cm³/mol. The predicted octanol–water partition coefficient (Wildman–Crippen LogP) is 4.72. The van der Waals surface area contributed by atoms with Crippen molar-refractivity contribution in [2.45, 2.75) is 58.3 Å². The smallest absolute Gasteiger partial charge is 0.0630 e. The third kappa shape index (κ3) is 4.08. The minimum Gasteiger partial charge on any atom is -0.276 e. The molecule has 0 spiro atoms. The van der Waals surface area contributed by atoms with Crippen LogP contribution >= 0.6 is 15.9 Å². The van der Waals surface area contributed by atoms with Crippen LogP contribution in [0.4, 0.5) is 0 Å². The Labute approximate surface area is 126 Å². The number of unbranched alkanes of at least 4 members (excludes halogenated alkanes) is 1. The number of alkyl halides is 1. The van der Waals surface area contributed by atoms with Crippen LogP contribution in [0, 0.1) is 11.3 Å². The maximum atomic E-state index is 4.56. The average molecular weight is 327 g/mol. The molecule has 0 bridgehead atoms. The van der Waals surface area contributed by atoms with Crippen LogP contribution in [0.2, 0.25) is 0 Å². The highest BCUT2D eigenvalue weighted by atomic mass is 79.9. The van der Waals surface area contributed by atoms with Crippen LogP contribution in [0.1, 0.15) is 57.6 Å². The molecule has 0 radical (unpaired) electrons. The zero-order valence-corrected chi connectivity index (χ0v) is 14.0. The fraction of sp³-hybridized carbons (Fsp3) is 0.812. The molecule has 1 saturated carbocycles. The van der Waals surface area contributed by atoms with Gasteiger partial charge in [0.2, 0.25) is 0 Å². The lowest BCUT2D eigenvalue weighted by Gasteiger charge is -2.39. The summed E-state index contributed by atoms with van der Waals surface area (Å²) in [7, 11) is 2.01. The van der Waals surface area contributed by atoms with E-state index in [1.807, 2.05) is 11.7 Å². The van der Waals surface area contributed by atoms with Crippen molar-refractivity contribution in [1.29, 1.82) is 0 Å². The minimum atomic E-state index is 0.455. The van der Waals surface area contributed by atoms with E-state index in [9.17, 15) is 0 Å². The molecule has 0 atom stereocenters. The summed E-state index contributed by atoms with van der Waals surface area (Å²) in [5.74, 6) is 0.982. The molecule has 2 rings (SSSR count). The van der Waals surface area contributed by atoms with Gasteiger partial charge in [0.1, 0.15) is 0 Å². The Morgan fingerprint density at radius 2 is 2.16 bits per heavy atom. The zero-order chi connectivity index (χ0) is 13.7. The maximum absolute atomic E-state index is 4.56. The molecular formula is C16H27BrN2. The fourth-order valence-electron chi connectivity index (χ4n) is 3.37. The summed E-state index contributed by atoms with van der Waals surface area (Å²) in [5, 5.41) is 5.68. The molecular weight excluding hydrogens is 300 g/mol. The van der Waals surface area contributed by atoms with Gasteiger partial charge in [0.05, 0.1) is 5.69 Å². The van der Waals surface area contributed by atoms with Crippen molar-refractivity contribution in [2.75, 3.05) is 5.33 Å². The maximum Gasteiger partial charge on any atom is 0.0630 e. The number of hydrogen-bond acceptors (Lipinski definition) is 1. The first-order chi connectivity index (χ1) is 9.17. The highest BCUT2D eigenvalue weighted by Crippen LogP contribution is 2.43. The van der Waals surface area contributed by atoms with E-state index in [1.165, 1.54) is 50.6 Å². The summed E-state index contributed by atoms with van der Waals surface area (Å²) in [5.41, 5.74) is 1.71. The first-order valence-corrected chi connectivity index (χ1v) is 8.84. The Kier molecular flexibility index (Phi) is 5.49. The lowest BCUT2D eigenvalue weighted by molar-refractivity contribution is 0.167. The standard InChI is InChI=1S/C16H27BrN2/c1-3-4-5-14-6-9-16(13-17,10-7-14)12-15-8-11-19(2)18-15/h8,11,14H,3-7,9-10,12-13H2,1-2H3. The molecule has 0 saturated heterocycles. The van der Waals surface area contributed by atoms with E-state index in [0.717, 1.165) is 17.7 Å². The van der Waals surface area contributed by atoms with Crippen molar-refractivity contribution in [2.24, 2.45) is 18.4 Å². The van der Waals surface area contributed by atoms with Crippen molar-refractivity contribution in [3.05, 3.63) is 18.0 Å². The monoisotopic (exact) mass is 326 g/mol. The molecule has 1 aromatic heterocycles. The summed E-state index contributed by atoms with van der Waals surface area (Å²) in [6, 6.07) is 2.17. The molecule has 1 aliphatic carbocycles. The molecule has 3 heteroatoms. The highest BCUT2D eigenvalue weighted by Gasteiger charge is 2.34. The number of aromatic nitrogens is 2. The van der Waals surface area contributed by atoms with Crippen LogP contribution in [-0.2, 0) is 13.5 Å². The van der Waals surface area contributed by atoms with Gasteiger partial charge in [-0.1, -0.05) is 42.1 Å². The zero-order valence-electron chi connectivity index (χ0n) is 12.4. The van der Waals surface area contributed by atoms with Crippen molar-refractivity contribution < 1.29 is 0 Å². The lowest BCUT2D eigenvalue weighted by atomic mass is 9.68. The van der Waals surface area contributed by atoms with Gasteiger partial charge in [-0.15, -0.1) is 0 Å². The third-order valence-corrected chi connectivity index (χ3v) is 5.93. The van der Waals surface area contributed by atoms with Crippen molar-refractivity contribution in [3.63, 3.8) is 0 Å². The number of hydrogen-bond donors (Lipinski definition) is 0. The molecule has 0 N–H and O–H groups in total. The molecule has 2 nitrogen and oxygen atoms in total. The van der Waals surface area contributed by atoms with Gasteiger partial charge in [-0.2, -0.15) is 5.10 Å². The molecule has 1 aliphatic rings. The van der Waals surface area contributed by atoms with Crippen molar-refractivity contribution >= 4 is 15.9 Å². The van der Waals surface area contributed by atoms with Gasteiger partial charge >= 0.3 is 0 Å². The molecule has 0 amide bonds. The van der Waals surface area contributed by atoms with Crippen LogP contribution < -0.4 is 0 Å². The van der Waals surface area contributed by atoms with E-state index in [2.05, 4.69) is 40.2 Å². The second-order valence-corrected chi connectivity index (χ2v) is 6.94. The summed E-state index contributed by atoms with van der Waals surface area (Å²) in [4.78, 5) is 0. The van der Waals surface area contributed by atoms with E-state index in [1.54, 1.807) is 0 Å². The van der Waals surface area contributed by atoms with E-state index >= 15 is 0 Å². The summed E-state index contributed by atoms with van der Waals surface area (Å²) in [6.07, 6.45) is 13.0. The number of halogens is 1. The van der Waals surface area contributed by atoms with E-state index in [4.69, 9.17) is 0 Å². The van der Waals surface area contributed by atoms with Gasteiger partial charge in [0.25, 0.3) is 0 Å². The van der Waals surface area contributed by atoms with E-state index in [-0.39, 0.29) is 0 Å². The topological polar surface area (TPSA) is 17.8 Å². The molecule has 108 valence electrons. The molecule has 0 unspecified atom stereocenters. The Bertz CT molecular complexity index is 378. The van der Waals surface area contributed by atoms with Gasteiger partial charge in [0, 0.05) is 18.6 Å². The van der Waals surface area contributed by atoms with Gasteiger partial charge in [-0.3, -0.25) is 4.68 Å². The largest absolute Gasteiger partial charge is 0.276 e. The van der Waals surface area contributed by atoms with E-state index < -0.39 is 0 Å². The van der Waals surface area contributed by atoms with Crippen LogP contribution in [0.25, 0.3) is 0 Å². The molecule has 0 aliphatic heterocycles. The Hall–Kier alpha value is -0.310. The van der Waals surface area contributed by atoms with Gasteiger partial charge in [-0.25, -0.2) is 0 Å². The molecule has 1 fully saturated rings. The van der Waals surface area contributed by atoms with Crippen LogP contribution in [0.15, 0.2) is 12.3 Å². The number of aryl methyl sites for hydroxylation is 1. The number of nitrogens with zero attached hydrogens (tertiary/aromatic N) is 2. The molecule has 0 aromatic carbocycles. The number of rotatable bonds is 6. The molecule has 1 heterocycles. The van der Waals surface area contributed by atoms with Crippen LogP contribution in [0.3, 0.4) is 0 Å². The second-order valence-electron chi connectivity index (χ2n) is 6.38. The SMILES string of the molecule is CCCCC1CCC(CBr)(Cc2ccn(C)n2)CC1. The first-order valence-electron chi connectivity index (χ1n) is 7.72.